The third kappa shape index (κ3) is 5.75. The molecule has 190 valence electrons. The highest BCUT2D eigenvalue weighted by Crippen LogP contribution is 2.44. The highest BCUT2D eigenvalue weighted by Gasteiger charge is 2.44. The largest absolute Gasteiger partial charge is 0.490 e. The van der Waals surface area contributed by atoms with Crippen molar-refractivity contribution in [3.63, 3.8) is 0 Å². The summed E-state index contributed by atoms with van der Waals surface area (Å²) in [6.07, 6.45) is 8.87. The van der Waals surface area contributed by atoms with Gasteiger partial charge in [0.2, 0.25) is 11.8 Å². The van der Waals surface area contributed by atoms with Crippen molar-refractivity contribution in [3.05, 3.63) is 24.3 Å². The summed E-state index contributed by atoms with van der Waals surface area (Å²) in [4.78, 5) is 32.3. The Balaban J connectivity index is 1.24. The maximum Gasteiger partial charge on any atom is 0.322 e. The Labute approximate surface area is 210 Å². The molecule has 36 heavy (non-hydrogen) atoms. The summed E-state index contributed by atoms with van der Waals surface area (Å²) in [5, 5.41) is 12.4. The summed E-state index contributed by atoms with van der Waals surface area (Å²) in [7, 11) is 0. The van der Waals surface area contributed by atoms with Crippen LogP contribution in [0.5, 0.6) is 11.8 Å². The van der Waals surface area contributed by atoms with E-state index >= 15 is 0 Å². The third-order valence-corrected chi connectivity index (χ3v) is 7.25. The summed E-state index contributed by atoms with van der Waals surface area (Å²) in [5.41, 5.74) is 6.05. The molecule has 11 nitrogen and oxygen atoms in total. The fraction of sp³-hybridized carbons (Fsp3) is 0.600. The van der Waals surface area contributed by atoms with Crippen LogP contribution in [0.4, 0.5) is 11.6 Å². The Morgan fingerprint density at radius 2 is 2.03 bits per heavy atom. The van der Waals surface area contributed by atoms with Gasteiger partial charge in [0, 0.05) is 25.3 Å². The van der Waals surface area contributed by atoms with Crippen LogP contribution in [-0.2, 0) is 0 Å². The number of nitrogens with zero attached hydrogens (tertiary/aromatic N) is 6. The van der Waals surface area contributed by atoms with Crippen LogP contribution in [0.15, 0.2) is 18.5 Å². The van der Waals surface area contributed by atoms with E-state index in [0.717, 1.165) is 38.5 Å². The Morgan fingerprint density at radius 3 is 2.69 bits per heavy atom. The molecule has 3 N–H and O–H groups in total. The van der Waals surface area contributed by atoms with Crippen molar-refractivity contribution in [1.29, 1.82) is 5.26 Å². The Morgan fingerprint density at radius 1 is 1.25 bits per heavy atom. The molecule has 1 amide bonds. The Kier molecular flexibility index (Phi) is 6.76. The molecule has 2 aromatic rings. The van der Waals surface area contributed by atoms with Crippen LogP contribution >= 0.6 is 0 Å². The van der Waals surface area contributed by atoms with E-state index in [1.54, 1.807) is 18.5 Å². The highest BCUT2D eigenvalue weighted by atomic mass is 16.5. The number of hydrogen-bond donors (Lipinski definition) is 2. The fourth-order valence-corrected chi connectivity index (χ4v) is 4.30. The minimum atomic E-state index is -0.467. The molecule has 2 aromatic heterocycles. The second kappa shape index (κ2) is 10.1. The number of piperidine rings is 1. The average molecular weight is 493 g/mol. The zero-order valence-corrected chi connectivity index (χ0v) is 20.5. The number of amides is 1. The number of carbonyl (C=O) groups is 1. The van der Waals surface area contributed by atoms with Gasteiger partial charge in [0.25, 0.3) is 5.91 Å². The lowest BCUT2D eigenvalue weighted by molar-refractivity contribution is 0.0923. The molecule has 0 radical (unpaired) electrons. The molecule has 3 heterocycles. The quantitative estimate of drug-likeness (QED) is 0.505. The molecule has 2 saturated carbocycles. The lowest BCUT2D eigenvalue weighted by atomic mass is 9.98. The van der Waals surface area contributed by atoms with Gasteiger partial charge >= 0.3 is 6.01 Å². The molecule has 11 heteroatoms. The molecule has 1 unspecified atom stereocenters. The van der Waals surface area contributed by atoms with Gasteiger partial charge in [0.15, 0.2) is 5.75 Å². The van der Waals surface area contributed by atoms with Crippen molar-refractivity contribution in [2.45, 2.75) is 51.5 Å². The summed E-state index contributed by atoms with van der Waals surface area (Å²) in [6.45, 7) is 4.19. The van der Waals surface area contributed by atoms with Crippen LogP contribution < -0.4 is 25.4 Å². The van der Waals surface area contributed by atoms with Crippen LogP contribution in [0.2, 0.25) is 0 Å². The highest BCUT2D eigenvalue weighted by molar-refractivity contribution is 5.91. The number of nitriles is 1. The van der Waals surface area contributed by atoms with Crippen molar-refractivity contribution < 1.29 is 14.3 Å². The number of pyridine rings is 1. The van der Waals surface area contributed by atoms with Gasteiger partial charge in [-0.25, -0.2) is 0 Å². The second-order valence-corrected chi connectivity index (χ2v) is 10.2. The minimum Gasteiger partial charge on any atom is -0.490 e. The molecule has 1 atom stereocenters. The van der Waals surface area contributed by atoms with Crippen LogP contribution in [0.1, 0.15) is 56.1 Å². The van der Waals surface area contributed by atoms with E-state index in [1.807, 2.05) is 11.8 Å². The molecular formula is C25H32N8O3. The number of rotatable bonds is 10. The van der Waals surface area contributed by atoms with Gasteiger partial charge in [-0.05, 0) is 63.4 Å². The maximum atomic E-state index is 12.9. The Hall–Kier alpha value is -3.68. The number of hydrogen-bond acceptors (Lipinski definition) is 10. The molecule has 2 aliphatic carbocycles. The number of nitrogen functional groups attached to an aromatic ring is 1. The van der Waals surface area contributed by atoms with E-state index in [2.05, 4.69) is 31.3 Å². The summed E-state index contributed by atoms with van der Waals surface area (Å²) in [6, 6.07) is 4.18. The molecule has 1 saturated heterocycles. The van der Waals surface area contributed by atoms with Crippen molar-refractivity contribution in [2.75, 3.05) is 36.9 Å². The van der Waals surface area contributed by atoms with E-state index in [4.69, 9.17) is 15.2 Å². The van der Waals surface area contributed by atoms with Crippen molar-refractivity contribution in [3.8, 4) is 17.8 Å². The second-order valence-electron chi connectivity index (χ2n) is 10.2. The predicted molar refractivity (Wildman–Crippen MR) is 131 cm³/mol. The molecule has 0 aromatic carbocycles. The number of carbonyl (C=O) groups excluding carboxylic acids is 1. The standard InChI is InChI=1S/C25H32N8O3/c1-16(18-2-3-18)29-22(34)21-30-23(32-24(31-21)36-15-25(14-26)7-8-25)33-10-5-17(6-11-33)13-35-20-12-28-9-4-19(20)27/h4,9,12,16-18H,2-3,5-8,10-11,13,15H2,1H3,(H2,27,28)(H,29,34). The lowest BCUT2D eigenvalue weighted by Gasteiger charge is -2.32. The monoisotopic (exact) mass is 492 g/mol. The molecule has 3 fully saturated rings. The summed E-state index contributed by atoms with van der Waals surface area (Å²) in [5.74, 6) is 1.59. The number of aromatic nitrogens is 4. The van der Waals surface area contributed by atoms with Crippen molar-refractivity contribution in [1.82, 2.24) is 25.3 Å². The molecular weight excluding hydrogens is 460 g/mol. The first-order valence-electron chi connectivity index (χ1n) is 12.6. The number of nitrogens with two attached hydrogens (primary N) is 1. The van der Waals surface area contributed by atoms with E-state index in [1.165, 1.54) is 0 Å². The van der Waals surface area contributed by atoms with E-state index in [0.29, 0.717) is 48.9 Å². The van der Waals surface area contributed by atoms with Gasteiger partial charge in [0.1, 0.15) is 6.61 Å². The zero-order chi connectivity index (χ0) is 25.1. The molecule has 3 aliphatic rings. The van der Waals surface area contributed by atoms with Crippen LogP contribution in [0.25, 0.3) is 0 Å². The predicted octanol–water partition coefficient (Wildman–Crippen LogP) is 2.36. The third-order valence-electron chi connectivity index (χ3n) is 7.25. The van der Waals surface area contributed by atoms with E-state index in [9.17, 15) is 10.1 Å². The number of ether oxygens (including phenoxy) is 2. The maximum absolute atomic E-state index is 12.9. The smallest absolute Gasteiger partial charge is 0.322 e. The first-order valence-corrected chi connectivity index (χ1v) is 12.6. The fourth-order valence-electron chi connectivity index (χ4n) is 4.30. The summed E-state index contributed by atoms with van der Waals surface area (Å²) >= 11 is 0. The van der Waals surface area contributed by atoms with Gasteiger partial charge in [-0.3, -0.25) is 9.78 Å². The molecule has 5 rings (SSSR count). The van der Waals surface area contributed by atoms with Crippen LogP contribution in [0, 0.1) is 28.6 Å². The normalized spacial score (nSPS) is 19.7. The van der Waals surface area contributed by atoms with Crippen LogP contribution in [0.3, 0.4) is 0 Å². The SMILES string of the molecule is CC(NC(=O)c1nc(OCC2(C#N)CC2)nc(N2CCC(COc3cnccc3N)CC2)n1)C1CC1. The number of nitrogens with one attached hydrogen (secondary N) is 1. The minimum absolute atomic E-state index is 0.0433. The molecule has 0 spiro atoms. The first-order chi connectivity index (χ1) is 17.4. The lowest BCUT2D eigenvalue weighted by Crippen LogP contribution is -2.38. The van der Waals surface area contributed by atoms with E-state index < -0.39 is 5.41 Å². The van der Waals surface area contributed by atoms with Crippen LogP contribution in [-0.4, -0.2) is 58.2 Å². The van der Waals surface area contributed by atoms with Gasteiger partial charge < -0.3 is 25.4 Å². The molecule has 0 bridgehead atoms. The number of anilines is 2. The topological polar surface area (TPSA) is 152 Å². The van der Waals surface area contributed by atoms with Crippen molar-refractivity contribution >= 4 is 17.5 Å². The first kappa shape index (κ1) is 24.0. The van der Waals surface area contributed by atoms with Gasteiger partial charge in [-0.15, -0.1) is 0 Å². The van der Waals surface area contributed by atoms with E-state index in [-0.39, 0.29) is 30.4 Å². The molecule has 1 aliphatic heterocycles. The Bertz CT molecular complexity index is 1140. The summed E-state index contributed by atoms with van der Waals surface area (Å²) < 4.78 is 11.7. The van der Waals surface area contributed by atoms with Gasteiger partial charge in [-0.2, -0.15) is 20.2 Å². The average Bonchev–Trinajstić information content (AvgIpc) is 3.82. The van der Waals surface area contributed by atoms with Crippen molar-refractivity contribution in [2.24, 2.45) is 17.3 Å². The zero-order valence-electron chi connectivity index (χ0n) is 20.5. The van der Waals surface area contributed by atoms with Gasteiger partial charge in [0.05, 0.1) is 30.0 Å². The van der Waals surface area contributed by atoms with Gasteiger partial charge in [-0.1, -0.05) is 0 Å².